The average Bonchev–Trinajstić information content (AvgIpc) is 3.42. The van der Waals surface area contributed by atoms with E-state index >= 15 is 0 Å². The smallest absolute Gasteiger partial charge is 0.422 e. The Morgan fingerprint density at radius 1 is 0.786 bits per heavy atom. The molecule has 56 heavy (non-hydrogen) atoms. The highest BCUT2D eigenvalue weighted by Gasteiger charge is 2.48. The van der Waals surface area contributed by atoms with Crippen molar-refractivity contribution in [3.8, 4) is 5.75 Å². The maximum atomic E-state index is 14.1. The Bertz CT molecular complexity index is 1980. The van der Waals surface area contributed by atoms with E-state index < -0.39 is 49.3 Å². The Hall–Kier alpha value is -4.76. The summed E-state index contributed by atoms with van der Waals surface area (Å²) in [6, 6.07) is 9.85. The van der Waals surface area contributed by atoms with Crippen molar-refractivity contribution in [1.82, 2.24) is 0 Å². The molecule has 3 aromatic rings. The molecule has 0 aliphatic carbocycles. The molecule has 3 aromatic carbocycles. The largest absolute Gasteiger partial charge is 0.491 e. The number of hydrogen-bond acceptors (Lipinski definition) is 10. The number of cyclic esters (lactones) is 1. The summed E-state index contributed by atoms with van der Waals surface area (Å²) in [5.41, 5.74) is -1.91. The van der Waals surface area contributed by atoms with Gasteiger partial charge >= 0.3 is 6.09 Å². The highest BCUT2D eigenvalue weighted by Crippen LogP contribution is 2.45. The van der Waals surface area contributed by atoms with Crippen LogP contribution in [0.15, 0.2) is 47.4 Å². The number of carbonyl (C=O) groups excluding carboxylic acids is 2. The van der Waals surface area contributed by atoms with Crippen molar-refractivity contribution >= 4 is 56.4 Å². The van der Waals surface area contributed by atoms with Crippen molar-refractivity contribution in [3.63, 3.8) is 0 Å². The first-order valence-electron chi connectivity index (χ1n) is 19.2. The molecule has 4 rings (SSSR count). The Balaban J connectivity index is 1.53. The normalized spacial score (nSPS) is 14.2. The molecular formula is C40H51ClN4O10S. The number of nitro groups is 2. The molecule has 14 nitrogen and oxygen atoms in total. The van der Waals surface area contributed by atoms with Crippen molar-refractivity contribution < 1.29 is 37.3 Å². The number of nitrogens with one attached hydrogen (secondary N) is 1. The molecule has 1 heterocycles. The van der Waals surface area contributed by atoms with Gasteiger partial charge in [-0.05, 0) is 57.5 Å². The summed E-state index contributed by atoms with van der Waals surface area (Å²) in [7, 11) is -4.33. The third-order valence-electron chi connectivity index (χ3n) is 10.1. The van der Waals surface area contributed by atoms with Crippen LogP contribution in [-0.4, -0.2) is 36.9 Å². The Kier molecular flexibility index (Phi) is 16.0. The van der Waals surface area contributed by atoms with Gasteiger partial charge in [0, 0.05) is 16.7 Å². The molecule has 1 fully saturated rings. The third-order valence-corrected chi connectivity index (χ3v) is 11.8. The Labute approximate surface area is 333 Å². The highest BCUT2D eigenvalue weighted by molar-refractivity contribution is 7.92. The number of unbranched alkanes of at least 4 members (excludes halogenated alkanes) is 13. The summed E-state index contributed by atoms with van der Waals surface area (Å²) >= 11 is 6.20. The van der Waals surface area contributed by atoms with Gasteiger partial charge < -0.3 is 9.47 Å². The van der Waals surface area contributed by atoms with Crippen LogP contribution in [0.4, 0.5) is 27.5 Å². The zero-order chi connectivity index (χ0) is 41.0. The van der Waals surface area contributed by atoms with Gasteiger partial charge in [0.15, 0.2) is 0 Å². The summed E-state index contributed by atoms with van der Waals surface area (Å²) < 4.78 is 41.0. The van der Waals surface area contributed by atoms with Gasteiger partial charge in [-0.2, -0.15) is 0 Å². The minimum Gasteiger partial charge on any atom is -0.491 e. The lowest BCUT2D eigenvalue weighted by Gasteiger charge is -2.19. The number of benzene rings is 3. The minimum atomic E-state index is -4.33. The average molecular weight is 815 g/mol. The molecule has 304 valence electrons. The maximum absolute atomic E-state index is 14.1. The van der Waals surface area contributed by atoms with Gasteiger partial charge in [0.25, 0.3) is 27.3 Å². The number of rotatable bonds is 23. The summed E-state index contributed by atoms with van der Waals surface area (Å²) in [5, 5.41) is 24.2. The van der Waals surface area contributed by atoms with E-state index in [-0.39, 0.29) is 55.9 Å². The van der Waals surface area contributed by atoms with Gasteiger partial charge in [-0.15, -0.1) is 0 Å². The Morgan fingerprint density at radius 2 is 1.30 bits per heavy atom. The molecular weight excluding hydrogens is 764 g/mol. The van der Waals surface area contributed by atoms with E-state index in [0.29, 0.717) is 11.3 Å². The van der Waals surface area contributed by atoms with E-state index in [1.54, 1.807) is 12.1 Å². The van der Waals surface area contributed by atoms with Crippen molar-refractivity contribution in [2.75, 3.05) is 16.2 Å². The molecule has 0 aromatic heterocycles. The lowest BCUT2D eigenvalue weighted by atomic mass is 9.91. The van der Waals surface area contributed by atoms with Crippen molar-refractivity contribution in [2.24, 2.45) is 0 Å². The maximum Gasteiger partial charge on any atom is 0.422 e. The fourth-order valence-electron chi connectivity index (χ4n) is 7.15. The first-order chi connectivity index (χ1) is 26.7. The number of halogens is 1. The van der Waals surface area contributed by atoms with Crippen molar-refractivity contribution in [2.45, 2.75) is 129 Å². The molecule has 2 amide bonds. The molecule has 1 atom stereocenters. The lowest BCUT2D eigenvalue weighted by Crippen LogP contribution is -2.30. The molecule has 0 radical (unpaired) electrons. The quantitative estimate of drug-likeness (QED) is 0.0548. The first-order valence-corrected chi connectivity index (χ1v) is 21.1. The van der Waals surface area contributed by atoms with Crippen LogP contribution in [0, 0.1) is 41.0 Å². The van der Waals surface area contributed by atoms with E-state index in [0.717, 1.165) is 31.7 Å². The van der Waals surface area contributed by atoms with Crippen LogP contribution in [-0.2, 0) is 19.6 Å². The zero-order valence-electron chi connectivity index (χ0n) is 32.4. The van der Waals surface area contributed by atoms with Gasteiger partial charge in [0.1, 0.15) is 11.3 Å². The monoisotopic (exact) mass is 814 g/mol. The molecule has 0 spiro atoms. The first kappa shape index (κ1) is 44.0. The number of anilines is 2. The van der Waals surface area contributed by atoms with Gasteiger partial charge in [-0.3, -0.25) is 29.7 Å². The minimum absolute atomic E-state index is 0.0108. The molecule has 1 aliphatic heterocycles. The topological polar surface area (TPSA) is 188 Å². The number of sulfonamides is 1. The number of ether oxygens (including phenoxy) is 2. The van der Waals surface area contributed by atoms with E-state index in [1.165, 1.54) is 103 Å². The summed E-state index contributed by atoms with van der Waals surface area (Å²) in [6.07, 6.45) is 13.3. The molecule has 1 unspecified atom stereocenters. The summed E-state index contributed by atoms with van der Waals surface area (Å²) in [4.78, 5) is 50.4. The second-order valence-corrected chi connectivity index (χ2v) is 16.2. The number of hydrogen-bond donors (Lipinski definition) is 1. The number of carbonyl (C=O) groups is 2. The van der Waals surface area contributed by atoms with Gasteiger partial charge in [-0.1, -0.05) is 114 Å². The van der Waals surface area contributed by atoms with E-state index in [2.05, 4.69) is 11.6 Å². The fourth-order valence-corrected chi connectivity index (χ4v) is 8.49. The van der Waals surface area contributed by atoms with Crippen LogP contribution in [0.25, 0.3) is 0 Å². The molecule has 0 bridgehead atoms. The van der Waals surface area contributed by atoms with E-state index in [4.69, 9.17) is 21.1 Å². The van der Waals surface area contributed by atoms with Gasteiger partial charge in [-0.25, -0.2) is 18.1 Å². The summed E-state index contributed by atoms with van der Waals surface area (Å²) in [6.45, 7) is 6.30. The van der Waals surface area contributed by atoms with Crippen molar-refractivity contribution in [1.29, 1.82) is 0 Å². The fraction of sp³-hybridized carbons (Fsp3) is 0.500. The molecule has 1 N–H and O–H groups in total. The zero-order valence-corrected chi connectivity index (χ0v) is 34.0. The predicted octanol–water partition coefficient (Wildman–Crippen LogP) is 11.0. The van der Waals surface area contributed by atoms with Crippen LogP contribution in [0.3, 0.4) is 0 Å². The van der Waals surface area contributed by atoms with E-state index in [1.807, 2.05) is 0 Å². The van der Waals surface area contributed by atoms with Crippen LogP contribution in [0.1, 0.15) is 125 Å². The van der Waals surface area contributed by atoms with Crippen LogP contribution >= 0.6 is 11.6 Å². The number of imide groups is 1. The predicted molar refractivity (Wildman–Crippen MR) is 215 cm³/mol. The third kappa shape index (κ3) is 10.8. The number of amides is 2. The SMILES string of the molecule is CCCCCCCCCCCCCCCCOc1ccc(S(=O)(=O)Nc2ccccc2Cl)cc1N1C(=O)OC(c2c(C)c([N+](=O)[O-])c(C)c([N+](=O)[O-])c2C)C1=O. The summed E-state index contributed by atoms with van der Waals surface area (Å²) in [5.74, 6) is -1.03. The van der Waals surface area contributed by atoms with Gasteiger partial charge in [0.05, 0.1) is 37.7 Å². The Morgan fingerprint density at radius 3 is 1.82 bits per heavy atom. The second-order valence-electron chi connectivity index (χ2n) is 14.1. The molecule has 1 saturated heterocycles. The standard InChI is InChI=1S/C40H51ClN4O10S/c1-5-6-7-8-9-10-11-12-13-14-15-16-17-20-25-54-34-24-23-30(56(52,53)42-32-22-19-18-21-31(32)41)26-33(34)43-39(46)38(55-40(43)47)35-27(2)36(44(48)49)29(4)37(28(35)3)45(50)51/h18-19,21-24,26,38,42H,5-17,20,25H2,1-4H3. The number of para-hydroxylation sites is 1. The van der Waals surface area contributed by atoms with Crippen LogP contribution < -0.4 is 14.4 Å². The van der Waals surface area contributed by atoms with Crippen molar-refractivity contribution in [3.05, 3.63) is 90.0 Å². The van der Waals surface area contributed by atoms with Crippen LogP contribution in [0.5, 0.6) is 5.75 Å². The number of nitro benzene ring substituents is 2. The second kappa shape index (κ2) is 20.4. The molecule has 1 aliphatic rings. The van der Waals surface area contributed by atoms with Gasteiger partial charge in [0.2, 0.25) is 6.10 Å². The highest BCUT2D eigenvalue weighted by atomic mass is 35.5. The lowest BCUT2D eigenvalue weighted by molar-refractivity contribution is -0.396. The van der Waals surface area contributed by atoms with E-state index in [9.17, 15) is 38.2 Å². The molecule has 0 saturated carbocycles. The molecule has 16 heteroatoms. The van der Waals surface area contributed by atoms with Crippen LogP contribution in [0.2, 0.25) is 5.02 Å². The number of nitrogens with zero attached hydrogens (tertiary/aromatic N) is 3.